The summed E-state index contributed by atoms with van der Waals surface area (Å²) in [7, 11) is 4.36. The lowest BCUT2D eigenvalue weighted by atomic mass is 9.90. The molecular weight excluding hydrogens is 212 g/mol. The van der Waals surface area contributed by atoms with Gasteiger partial charge in [-0.2, -0.15) is 0 Å². The van der Waals surface area contributed by atoms with Gasteiger partial charge in [0.1, 0.15) is 0 Å². The van der Waals surface area contributed by atoms with Crippen molar-refractivity contribution < 1.29 is 4.74 Å². The van der Waals surface area contributed by atoms with Gasteiger partial charge in [0.25, 0.3) is 0 Å². The Morgan fingerprint density at radius 2 is 1.82 bits per heavy atom. The molecule has 1 saturated carbocycles. The van der Waals surface area contributed by atoms with Gasteiger partial charge < -0.3 is 15.0 Å². The molecule has 1 N–H and O–H groups in total. The van der Waals surface area contributed by atoms with E-state index in [1.807, 2.05) is 0 Å². The molecule has 100 valence electrons. The van der Waals surface area contributed by atoms with E-state index in [0.717, 1.165) is 18.6 Å². The summed E-state index contributed by atoms with van der Waals surface area (Å²) >= 11 is 0. The number of rotatable bonds is 4. The van der Waals surface area contributed by atoms with Crippen molar-refractivity contribution in [1.29, 1.82) is 0 Å². The van der Waals surface area contributed by atoms with Crippen LogP contribution in [0.1, 0.15) is 45.4 Å². The maximum absolute atomic E-state index is 5.91. The third kappa shape index (κ3) is 3.67. The van der Waals surface area contributed by atoms with Gasteiger partial charge in [-0.3, -0.25) is 0 Å². The van der Waals surface area contributed by atoms with Crippen LogP contribution in [0.25, 0.3) is 0 Å². The highest BCUT2D eigenvalue weighted by molar-refractivity contribution is 4.83. The van der Waals surface area contributed by atoms with Crippen LogP contribution in [0.2, 0.25) is 0 Å². The summed E-state index contributed by atoms with van der Waals surface area (Å²) in [6.07, 6.45) is 8.78. The molecule has 1 heterocycles. The number of ether oxygens (including phenoxy) is 1. The third-order valence-electron chi connectivity index (χ3n) is 4.54. The minimum absolute atomic E-state index is 0.480. The summed E-state index contributed by atoms with van der Waals surface area (Å²) in [5.41, 5.74) is 0. The molecule has 2 fully saturated rings. The normalized spacial score (nSPS) is 38.8. The Kier molecular flexibility index (Phi) is 4.83. The van der Waals surface area contributed by atoms with Crippen LogP contribution in [0, 0.1) is 0 Å². The van der Waals surface area contributed by atoms with Crippen molar-refractivity contribution in [1.82, 2.24) is 10.2 Å². The summed E-state index contributed by atoms with van der Waals surface area (Å²) in [6, 6.07) is 1.53. The molecular formula is C14H28N2O. The molecule has 0 spiro atoms. The Hall–Kier alpha value is -0.120. The van der Waals surface area contributed by atoms with E-state index in [9.17, 15) is 0 Å². The molecule has 2 atom stereocenters. The molecule has 2 rings (SSSR count). The van der Waals surface area contributed by atoms with Crippen molar-refractivity contribution in [2.24, 2.45) is 0 Å². The Morgan fingerprint density at radius 3 is 2.35 bits per heavy atom. The van der Waals surface area contributed by atoms with Crippen LogP contribution in [-0.2, 0) is 4.74 Å². The van der Waals surface area contributed by atoms with Crippen molar-refractivity contribution in [2.75, 3.05) is 20.6 Å². The molecule has 0 aromatic carbocycles. The molecule has 0 aromatic rings. The van der Waals surface area contributed by atoms with Gasteiger partial charge in [0.2, 0.25) is 0 Å². The SMILES string of the molecule is CNC1CCC(N(C)CC2CCC(C)O2)CC1. The number of nitrogens with zero attached hydrogens (tertiary/aromatic N) is 1. The molecule has 1 saturated heterocycles. The first kappa shape index (κ1) is 13.3. The maximum atomic E-state index is 5.91. The number of hydrogen-bond donors (Lipinski definition) is 1. The lowest BCUT2D eigenvalue weighted by molar-refractivity contribution is 0.0235. The minimum Gasteiger partial charge on any atom is -0.374 e. The minimum atomic E-state index is 0.480. The van der Waals surface area contributed by atoms with E-state index in [1.54, 1.807) is 0 Å². The lowest BCUT2D eigenvalue weighted by Crippen LogP contribution is -2.42. The predicted octanol–water partition coefficient (Wildman–Crippen LogP) is 2.02. The molecule has 0 aromatic heterocycles. The van der Waals surface area contributed by atoms with Gasteiger partial charge in [-0.15, -0.1) is 0 Å². The fourth-order valence-corrected chi connectivity index (χ4v) is 3.30. The summed E-state index contributed by atoms with van der Waals surface area (Å²) in [4.78, 5) is 2.54. The molecule has 1 aliphatic heterocycles. The van der Waals surface area contributed by atoms with Gasteiger partial charge in [0.05, 0.1) is 12.2 Å². The van der Waals surface area contributed by atoms with E-state index < -0.39 is 0 Å². The highest BCUT2D eigenvalue weighted by atomic mass is 16.5. The number of hydrogen-bond acceptors (Lipinski definition) is 3. The monoisotopic (exact) mass is 240 g/mol. The van der Waals surface area contributed by atoms with E-state index >= 15 is 0 Å². The van der Waals surface area contributed by atoms with Crippen molar-refractivity contribution in [3.8, 4) is 0 Å². The molecule has 17 heavy (non-hydrogen) atoms. The van der Waals surface area contributed by atoms with Crippen LogP contribution in [-0.4, -0.2) is 49.8 Å². The average Bonchev–Trinajstić information content (AvgIpc) is 2.75. The van der Waals surface area contributed by atoms with Crippen LogP contribution in [0.3, 0.4) is 0 Å². The van der Waals surface area contributed by atoms with Crippen LogP contribution in [0.4, 0.5) is 0 Å². The Bertz CT molecular complexity index is 226. The fourth-order valence-electron chi connectivity index (χ4n) is 3.30. The average molecular weight is 240 g/mol. The second-order valence-electron chi connectivity index (χ2n) is 5.88. The molecule has 2 unspecified atom stereocenters. The summed E-state index contributed by atoms with van der Waals surface area (Å²) in [5, 5.41) is 3.40. The summed E-state index contributed by atoms with van der Waals surface area (Å²) in [6.45, 7) is 3.32. The van der Waals surface area contributed by atoms with Gasteiger partial charge in [0.15, 0.2) is 0 Å². The standard InChI is InChI=1S/C14H28N2O/c1-11-4-9-14(17-11)10-16(3)13-7-5-12(15-2)6-8-13/h11-15H,4-10H2,1-3H3. The summed E-state index contributed by atoms with van der Waals surface area (Å²) < 4.78 is 5.91. The van der Waals surface area contributed by atoms with Crippen LogP contribution >= 0.6 is 0 Å². The molecule has 2 aliphatic rings. The van der Waals surface area contributed by atoms with Gasteiger partial charge in [-0.05, 0) is 59.5 Å². The van der Waals surface area contributed by atoms with E-state index in [0.29, 0.717) is 12.2 Å². The van der Waals surface area contributed by atoms with E-state index in [4.69, 9.17) is 4.74 Å². The van der Waals surface area contributed by atoms with Crippen molar-refractivity contribution in [2.45, 2.75) is 69.7 Å². The zero-order valence-corrected chi connectivity index (χ0v) is 11.6. The van der Waals surface area contributed by atoms with Gasteiger partial charge >= 0.3 is 0 Å². The predicted molar refractivity (Wildman–Crippen MR) is 71.3 cm³/mol. The molecule has 0 amide bonds. The molecule has 0 radical (unpaired) electrons. The van der Waals surface area contributed by atoms with Crippen LogP contribution < -0.4 is 5.32 Å². The zero-order valence-electron chi connectivity index (χ0n) is 11.6. The van der Waals surface area contributed by atoms with E-state index in [2.05, 4.69) is 31.2 Å². The number of likely N-dealkylation sites (N-methyl/N-ethyl adjacent to an activating group) is 1. The first-order valence-corrected chi connectivity index (χ1v) is 7.22. The fraction of sp³-hybridized carbons (Fsp3) is 1.00. The van der Waals surface area contributed by atoms with Crippen molar-refractivity contribution in [3.05, 3.63) is 0 Å². The first-order chi connectivity index (χ1) is 8.19. The van der Waals surface area contributed by atoms with Crippen LogP contribution in [0.5, 0.6) is 0 Å². The van der Waals surface area contributed by atoms with Gasteiger partial charge in [-0.25, -0.2) is 0 Å². The van der Waals surface area contributed by atoms with E-state index in [1.165, 1.54) is 38.5 Å². The maximum Gasteiger partial charge on any atom is 0.0706 e. The van der Waals surface area contributed by atoms with Gasteiger partial charge in [-0.1, -0.05) is 0 Å². The Balaban J connectivity index is 1.71. The van der Waals surface area contributed by atoms with E-state index in [-0.39, 0.29) is 0 Å². The number of nitrogens with one attached hydrogen (secondary N) is 1. The van der Waals surface area contributed by atoms with Crippen molar-refractivity contribution >= 4 is 0 Å². The lowest BCUT2D eigenvalue weighted by Gasteiger charge is -2.35. The Labute approximate surface area is 106 Å². The second kappa shape index (κ2) is 6.17. The smallest absolute Gasteiger partial charge is 0.0706 e. The zero-order chi connectivity index (χ0) is 12.3. The Morgan fingerprint density at radius 1 is 1.12 bits per heavy atom. The molecule has 0 bridgehead atoms. The third-order valence-corrected chi connectivity index (χ3v) is 4.54. The summed E-state index contributed by atoms with van der Waals surface area (Å²) in [5.74, 6) is 0. The van der Waals surface area contributed by atoms with Gasteiger partial charge in [0, 0.05) is 18.6 Å². The highest BCUT2D eigenvalue weighted by Gasteiger charge is 2.27. The first-order valence-electron chi connectivity index (χ1n) is 7.22. The second-order valence-corrected chi connectivity index (χ2v) is 5.88. The highest BCUT2D eigenvalue weighted by Crippen LogP contribution is 2.25. The topological polar surface area (TPSA) is 24.5 Å². The van der Waals surface area contributed by atoms with Crippen molar-refractivity contribution in [3.63, 3.8) is 0 Å². The van der Waals surface area contributed by atoms with Crippen LogP contribution in [0.15, 0.2) is 0 Å². The molecule has 1 aliphatic carbocycles. The largest absolute Gasteiger partial charge is 0.374 e. The molecule has 3 nitrogen and oxygen atoms in total. The molecule has 3 heteroatoms. The quantitative estimate of drug-likeness (QED) is 0.813.